The van der Waals surface area contributed by atoms with Crippen molar-refractivity contribution >= 4 is 5.91 Å². The lowest BCUT2D eigenvalue weighted by atomic mass is 10.2. The summed E-state index contributed by atoms with van der Waals surface area (Å²) in [4.78, 5) is 15.6. The van der Waals surface area contributed by atoms with Crippen LogP contribution >= 0.6 is 0 Å². The number of aromatic amines is 1. The third kappa shape index (κ3) is 3.62. The molecule has 1 aromatic heterocycles. The van der Waals surface area contributed by atoms with E-state index < -0.39 is 0 Å². The molecule has 0 unspecified atom stereocenters. The first-order valence-electron chi connectivity index (χ1n) is 5.46. The van der Waals surface area contributed by atoms with E-state index in [0.29, 0.717) is 18.8 Å². The number of H-pyrrole nitrogens is 1. The van der Waals surface area contributed by atoms with Crippen LogP contribution in [0.2, 0.25) is 0 Å². The van der Waals surface area contributed by atoms with E-state index in [1.54, 1.807) is 0 Å². The van der Waals surface area contributed by atoms with Crippen LogP contribution in [0.1, 0.15) is 49.1 Å². The second kappa shape index (κ2) is 6.22. The maximum atomic E-state index is 11.5. The first-order chi connectivity index (χ1) is 7.65. The number of aromatic nitrogens is 3. The fourth-order valence-corrected chi connectivity index (χ4v) is 1.15. The molecule has 1 aromatic rings. The molecule has 1 heterocycles. The van der Waals surface area contributed by atoms with Gasteiger partial charge in [-0.15, -0.1) is 5.10 Å². The summed E-state index contributed by atoms with van der Waals surface area (Å²) in [6.45, 7) is 4.63. The Bertz CT molecular complexity index is 335. The van der Waals surface area contributed by atoms with E-state index in [1.165, 1.54) is 0 Å². The van der Waals surface area contributed by atoms with Crippen molar-refractivity contribution in [2.24, 2.45) is 0 Å². The molecular formula is C10H18N4O2. The van der Waals surface area contributed by atoms with Crippen molar-refractivity contribution in [3.8, 4) is 0 Å². The molecular weight excluding hydrogens is 208 g/mol. The maximum Gasteiger partial charge on any atom is 0.290 e. The SMILES string of the molecule is CC(C)c1nc(C(=O)NCCCCO)n[nH]1. The molecule has 0 aliphatic rings. The number of amides is 1. The van der Waals surface area contributed by atoms with Gasteiger partial charge < -0.3 is 10.4 Å². The molecule has 90 valence electrons. The highest BCUT2D eigenvalue weighted by atomic mass is 16.2. The van der Waals surface area contributed by atoms with E-state index in [1.807, 2.05) is 13.8 Å². The van der Waals surface area contributed by atoms with Gasteiger partial charge in [-0.2, -0.15) is 0 Å². The lowest BCUT2D eigenvalue weighted by molar-refractivity contribution is 0.0942. The Morgan fingerprint density at radius 3 is 2.81 bits per heavy atom. The summed E-state index contributed by atoms with van der Waals surface area (Å²) in [5.74, 6) is 0.831. The number of aliphatic hydroxyl groups is 1. The lowest BCUT2D eigenvalue weighted by Crippen LogP contribution is -2.25. The summed E-state index contributed by atoms with van der Waals surface area (Å²) in [5, 5.41) is 17.8. The molecule has 0 saturated carbocycles. The van der Waals surface area contributed by atoms with Crippen LogP contribution in [0.5, 0.6) is 0 Å². The fourth-order valence-electron chi connectivity index (χ4n) is 1.15. The van der Waals surface area contributed by atoms with Gasteiger partial charge >= 0.3 is 0 Å². The molecule has 16 heavy (non-hydrogen) atoms. The number of carbonyl (C=O) groups excluding carboxylic acids is 1. The number of unbranched alkanes of at least 4 members (excludes halogenated alkanes) is 1. The van der Waals surface area contributed by atoms with Gasteiger partial charge in [0, 0.05) is 19.1 Å². The van der Waals surface area contributed by atoms with E-state index in [-0.39, 0.29) is 24.3 Å². The molecule has 0 atom stereocenters. The summed E-state index contributed by atoms with van der Waals surface area (Å²) >= 11 is 0. The van der Waals surface area contributed by atoms with Crippen molar-refractivity contribution in [1.82, 2.24) is 20.5 Å². The van der Waals surface area contributed by atoms with Crippen LogP contribution in [0.25, 0.3) is 0 Å². The molecule has 0 fully saturated rings. The van der Waals surface area contributed by atoms with Crippen LogP contribution in [0, 0.1) is 0 Å². The van der Waals surface area contributed by atoms with E-state index in [0.717, 1.165) is 6.42 Å². The minimum absolute atomic E-state index is 0.147. The standard InChI is InChI=1S/C10H18N4O2/c1-7(2)8-12-9(14-13-8)10(16)11-5-3-4-6-15/h7,15H,3-6H2,1-2H3,(H,11,16)(H,12,13,14). The van der Waals surface area contributed by atoms with E-state index >= 15 is 0 Å². The molecule has 3 N–H and O–H groups in total. The zero-order valence-corrected chi connectivity index (χ0v) is 9.66. The Kier molecular flexibility index (Phi) is 4.91. The minimum atomic E-state index is -0.277. The Balaban J connectivity index is 2.40. The monoisotopic (exact) mass is 226 g/mol. The van der Waals surface area contributed by atoms with Gasteiger partial charge in [-0.1, -0.05) is 13.8 Å². The molecule has 0 aliphatic carbocycles. The quantitative estimate of drug-likeness (QED) is 0.613. The number of nitrogens with zero attached hydrogens (tertiary/aromatic N) is 2. The van der Waals surface area contributed by atoms with Gasteiger partial charge in [0.2, 0.25) is 5.82 Å². The lowest BCUT2D eigenvalue weighted by Gasteiger charge is -2.00. The summed E-state index contributed by atoms with van der Waals surface area (Å²) < 4.78 is 0. The van der Waals surface area contributed by atoms with Gasteiger partial charge in [-0.3, -0.25) is 9.89 Å². The van der Waals surface area contributed by atoms with Crippen molar-refractivity contribution in [3.63, 3.8) is 0 Å². The van der Waals surface area contributed by atoms with Gasteiger partial charge in [0.05, 0.1) is 0 Å². The van der Waals surface area contributed by atoms with Crippen LogP contribution in [-0.2, 0) is 0 Å². The minimum Gasteiger partial charge on any atom is -0.396 e. The van der Waals surface area contributed by atoms with Crippen LogP contribution in [0.4, 0.5) is 0 Å². The highest BCUT2D eigenvalue weighted by molar-refractivity contribution is 5.90. The van der Waals surface area contributed by atoms with Crippen molar-refractivity contribution in [2.75, 3.05) is 13.2 Å². The summed E-state index contributed by atoms with van der Waals surface area (Å²) in [6.07, 6.45) is 1.44. The maximum absolute atomic E-state index is 11.5. The van der Waals surface area contributed by atoms with Crippen molar-refractivity contribution in [1.29, 1.82) is 0 Å². The Morgan fingerprint density at radius 1 is 1.50 bits per heavy atom. The molecule has 0 saturated heterocycles. The van der Waals surface area contributed by atoms with Crippen molar-refractivity contribution in [2.45, 2.75) is 32.6 Å². The second-order valence-corrected chi connectivity index (χ2v) is 3.89. The summed E-state index contributed by atoms with van der Waals surface area (Å²) in [7, 11) is 0. The highest BCUT2D eigenvalue weighted by Crippen LogP contribution is 2.07. The highest BCUT2D eigenvalue weighted by Gasteiger charge is 2.12. The predicted octanol–water partition coefficient (Wildman–Crippen LogP) is 0.430. The van der Waals surface area contributed by atoms with Crippen molar-refractivity contribution in [3.05, 3.63) is 11.6 Å². The van der Waals surface area contributed by atoms with Crippen LogP contribution < -0.4 is 5.32 Å². The molecule has 1 rings (SSSR count). The average molecular weight is 226 g/mol. The molecule has 0 spiro atoms. The van der Waals surface area contributed by atoms with Crippen LogP contribution in [0.15, 0.2) is 0 Å². The molecule has 0 aliphatic heterocycles. The number of hydrogen-bond acceptors (Lipinski definition) is 4. The normalized spacial score (nSPS) is 10.8. The molecule has 0 aromatic carbocycles. The number of rotatable bonds is 6. The Morgan fingerprint density at radius 2 is 2.25 bits per heavy atom. The average Bonchev–Trinajstić information content (AvgIpc) is 2.73. The second-order valence-electron chi connectivity index (χ2n) is 3.89. The number of aliphatic hydroxyl groups excluding tert-OH is 1. The summed E-state index contributed by atoms with van der Waals surface area (Å²) in [6, 6.07) is 0. The largest absolute Gasteiger partial charge is 0.396 e. The number of hydrogen-bond donors (Lipinski definition) is 3. The first kappa shape index (κ1) is 12.6. The molecule has 0 bridgehead atoms. The third-order valence-electron chi connectivity index (χ3n) is 2.12. The van der Waals surface area contributed by atoms with Gasteiger partial charge in [0.1, 0.15) is 5.82 Å². The van der Waals surface area contributed by atoms with Crippen LogP contribution in [0.3, 0.4) is 0 Å². The number of nitrogens with one attached hydrogen (secondary N) is 2. The first-order valence-corrected chi connectivity index (χ1v) is 5.46. The number of carbonyl (C=O) groups is 1. The van der Waals surface area contributed by atoms with Gasteiger partial charge in [0.25, 0.3) is 5.91 Å². The zero-order chi connectivity index (χ0) is 12.0. The Labute approximate surface area is 94.5 Å². The van der Waals surface area contributed by atoms with Crippen LogP contribution in [-0.4, -0.2) is 39.3 Å². The molecule has 1 amide bonds. The van der Waals surface area contributed by atoms with Gasteiger partial charge in [-0.25, -0.2) is 4.98 Å². The van der Waals surface area contributed by atoms with E-state index in [2.05, 4.69) is 20.5 Å². The molecule has 0 radical (unpaired) electrons. The van der Waals surface area contributed by atoms with Gasteiger partial charge in [-0.05, 0) is 12.8 Å². The molecule has 6 nitrogen and oxygen atoms in total. The van der Waals surface area contributed by atoms with Crippen molar-refractivity contribution < 1.29 is 9.90 Å². The predicted molar refractivity (Wildman–Crippen MR) is 59.1 cm³/mol. The topological polar surface area (TPSA) is 90.9 Å². The summed E-state index contributed by atoms with van der Waals surface area (Å²) in [5.41, 5.74) is 0. The van der Waals surface area contributed by atoms with E-state index in [9.17, 15) is 4.79 Å². The van der Waals surface area contributed by atoms with E-state index in [4.69, 9.17) is 5.11 Å². The third-order valence-corrected chi connectivity index (χ3v) is 2.12. The zero-order valence-electron chi connectivity index (χ0n) is 9.66. The molecule has 6 heteroatoms. The Hall–Kier alpha value is -1.43. The smallest absolute Gasteiger partial charge is 0.290 e. The fraction of sp³-hybridized carbons (Fsp3) is 0.700. The van der Waals surface area contributed by atoms with Gasteiger partial charge in [0.15, 0.2) is 0 Å².